The van der Waals surface area contributed by atoms with Crippen LogP contribution >= 0.6 is 0 Å². The molecule has 0 radical (unpaired) electrons. The van der Waals surface area contributed by atoms with Crippen LogP contribution < -0.4 is 15.0 Å². The van der Waals surface area contributed by atoms with Crippen molar-refractivity contribution in [1.29, 1.82) is 0 Å². The highest BCUT2D eigenvalue weighted by Crippen LogP contribution is 2.31. The van der Waals surface area contributed by atoms with Gasteiger partial charge in [-0.1, -0.05) is 12.1 Å². The normalized spacial score (nSPS) is 15.1. The summed E-state index contributed by atoms with van der Waals surface area (Å²) in [4.78, 5) is 35.5. The monoisotopic (exact) mass is 278 g/mol. The Morgan fingerprint density at radius 2 is 2.15 bits per heavy atom. The molecule has 0 aromatic heterocycles. The lowest BCUT2D eigenvalue weighted by Crippen LogP contribution is -2.48. The Bertz CT molecular complexity index is 557. The number of nitrogens with one attached hydrogen (secondary N) is 1. The molecule has 2 rings (SSSR count). The highest BCUT2D eigenvalue weighted by atomic mass is 16.5. The predicted octanol–water partition coefficient (Wildman–Crippen LogP) is 0.00130. The van der Waals surface area contributed by atoms with Gasteiger partial charge in [-0.3, -0.25) is 19.3 Å². The zero-order valence-electron chi connectivity index (χ0n) is 10.8. The number of para-hydroxylation sites is 2. The van der Waals surface area contributed by atoms with Gasteiger partial charge in [0.15, 0.2) is 6.61 Å². The first-order valence-electron chi connectivity index (χ1n) is 6.03. The molecule has 1 aliphatic rings. The Kier molecular flexibility index (Phi) is 3.88. The minimum atomic E-state index is -1.13. The molecule has 7 heteroatoms. The fourth-order valence-corrected chi connectivity index (χ4v) is 1.82. The van der Waals surface area contributed by atoms with Crippen LogP contribution in [0.5, 0.6) is 5.75 Å². The van der Waals surface area contributed by atoms with E-state index in [4.69, 9.17) is 9.84 Å². The molecule has 0 saturated heterocycles. The van der Waals surface area contributed by atoms with Crippen molar-refractivity contribution in [2.75, 3.05) is 18.1 Å². The molecule has 7 nitrogen and oxygen atoms in total. The molecule has 1 aliphatic heterocycles. The molecule has 0 bridgehead atoms. The third-order valence-electron chi connectivity index (χ3n) is 2.86. The van der Waals surface area contributed by atoms with Gasteiger partial charge < -0.3 is 15.2 Å². The van der Waals surface area contributed by atoms with E-state index in [1.165, 1.54) is 11.8 Å². The molecular formula is C13H14N2O5. The summed E-state index contributed by atoms with van der Waals surface area (Å²) in [5, 5.41) is 11.0. The molecule has 0 fully saturated rings. The summed E-state index contributed by atoms with van der Waals surface area (Å²) in [6.45, 7) is 0.977. The molecule has 1 aromatic rings. The average molecular weight is 278 g/mol. The van der Waals surface area contributed by atoms with Crippen molar-refractivity contribution in [2.45, 2.75) is 13.0 Å². The highest BCUT2D eigenvalue weighted by molar-refractivity contribution is 6.02. The topological polar surface area (TPSA) is 95.9 Å². The summed E-state index contributed by atoms with van der Waals surface area (Å²) in [6.07, 6.45) is 0. The van der Waals surface area contributed by atoms with E-state index >= 15 is 0 Å². The largest absolute Gasteiger partial charge is 0.482 e. The van der Waals surface area contributed by atoms with E-state index in [2.05, 4.69) is 5.32 Å². The standard InChI is InChI=1S/C13H14N2O5/c1-8(13(18)19)14-11(16)6-15-9-4-2-3-5-10(9)20-7-12(15)17/h2-5,8H,6-7H2,1H3,(H,14,16)(H,18,19). The lowest BCUT2D eigenvalue weighted by molar-refractivity contribution is -0.141. The van der Waals surface area contributed by atoms with Crippen LogP contribution in [0.1, 0.15) is 6.92 Å². The zero-order chi connectivity index (χ0) is 14.7. The van der Waals surface area contributed by atoms with Gasteiger partial charge in [0, 0.05) is 0 Å². The molecule has 2 amide bonds. The van der Waals surface area contributed by atoms with Crippen LogP contribution in [0.15, 0.2) is 24.3 Å². The van der Waals surface area contributed by atoms with Gasteiger partial charge in [0.2, 0.25) is 5.91 Å². The van der Waals surface area contributed by atoms with E-state index in [-0.39, 0.29) is 19.1 Å². The van der Waals surface area contributed by atoms with E-state index in [9.17, 15) is 14.4 Å². The Labute approximate surface area is 115 Å². The summed E-state index contributed by atoms with van der Waals surface area (Å²) < 4.78 is 5.25. The summed E-state index contributed by atoms with van der Waals surface area (Å²) in [7, 11) is 0. The highest BCUT2D eigenvalue weighted by Gasteiger charge is 2.27. The first-order chi connectivity index (χ1) is 9.49. The molecule has 106 valence electrons. The second kappa shape index (κ2) is 5.60. The quantitative estimate of drug-likeness (QED) is 0.808. The van der Waals surface area contributed by atoms with Crippen LogP contribution in [-0.2, 0) is 14.4 Å². The minimum Gasteiger partial charge on any atom is -0.482 e. The number of carbonyl (C=O) groups is 3. The van der Waals surface area contributed by atoms with E-state index in [1.807, 2.05) is 0 Å². The maximum Gasteiger partial charge on any atom is 0.325 e. The average Bonchev–Trinajstić information content (AvgIpc) is 2.42. The Hall–Kier alpha value is -2.57. The van der Waals surface area contributed by atoms with E-state index in [0.29, 0.717) is 11.4 Å². The van der Waals surface area contributed by atoms with Crippen LogP contribution in [0.25, 0.3) is 0 Å². The van der Waals surface area contributed by atoms with Crippen LogP contribution in [-0.4, -0.2) is 42.1 Å². The first kappa shape index (κ1) is 13.9. The number of carboxylic acid groups (broad SMARTS) is 1. The van der Waals surface area contributed by atoms with Gasteiger partial charge in [-0.25, -0.2) is 0 Å². The van der Waals surface area contributed by atoms with Gasteiger partial charge in [-0.15, -0.1) is 0 Å². The van der Waals surface area contributed by atoms with E-state index in [0.717, 1.165) is 0 Å². The molecule has 1 atom stereocenters. The van der Waals surface area contributed by atoms with Crippen LogP contribution in [0.3, 0.4) is 0 Å². The van der Waals surface area contributed by atoms with Crippen molar-refractivity contribution in [1.82, 2.24) is 5.32 Å². The predicted molar refractivity (Wildman–Crippen MR) is 69.5 cm³/mol. The summed E-state index contributed by atoms with van der Waals surface area (Å²) >= 11 is 0. The van der Waals surface area contributed by atoms with Gasteiger partial charge >= 0.3 is 5.97 Å². The molecule has 0 aliphatic carbocycles. The van der Waals surface area contributed by atoms with Gasteiger partial charge in [0.1, 0.15) is 18.3 Å². The second-order valence-corrected chi connectivity index (χ2v) is 4.36. The number of benzene rings is 1. The number of hydrogen-bond donors (Lipinski definition) is 2. The van der Waals surface area contributed by atoms with E-state index < -0.39 is 17.9 Å². The molecule has 1 unspecified atom stereocenters. The third-order valence-corrected chi connectivity index (χ3v) is 2.86. The second-order valence-electron chi connectivity index (χ2n) is 4.36. The molecule has 0 saturated carbocycles. The van der Waals surface area contributed by atoms with Crippen molar-refractivity contribution in [3.05, 3.63) is 24.3 Å². The lowest BCUT2D eigenvalue weighted by Gasteiger charge is -2.28. The van der Waals surface area contributed by atoms with Crippen LogP contribution in [0, 0.1) is 0 Å². The summed E-state index contributed by atoms with van der Waals surface area (Å²) in [5.41, 5.74) is 0.502. The molecule has 1 aromatic carbocycles. The summed E-state index contributed by atoms with van der Waals surface area (Å²) in [5.74, 6) is -1.50. The van der Waals surface area contributed by atoms with Gasteiger partial charge in [0.05, 0.1) is 5.69 Å². The van der Waals surface area contributed by atoms with Crippen LogP contribution in [0.4, 0.5) is 5.69 Å². The van der Waals surface area contributed by atoms with Gasteiger partial charge in [-0.05, 0) is 19.1 Å². The SMILES string of the molecule is CC(NC(=O)CN1C(=O)COc2ccccc21)C(=O)O. The zero-order valence-corrected chi connectivity index (χ0v) is 10.8. The maximum absolute atomic E-state index is 11.8. The lowest BCUT2D eigenvalue weighted by atomic mass is 10.2. The molecule has 20 heavy (non-hydrogen) atoms. The number of aliphatic carboxylic acids is 1. The van der Waals surface area contributed by atoms with Crippen molar-refractivity contribution >= 4 is 23.5 Å². The van der Waals surface area contributed by atoms with Crippen molar-refractivity contribution in [3.63, 3.8) is 0 Å². The number of carboxylic acids is 1. The fraction of sp³-hybridized carbons (Fsp3) is 0.308. The number of ether oxygens (including phenoxy) is 1. The molecule has 1 heterocycles. The maximum atomic E-state index is 11.8. The smallest absolute Gasteiger partial charge is 0.325 e. The van der Waals surface area contributed by atoms with Gasteiger partial charge in [0.25, 0.3) is 5.91 Å². The molecular weight excluding hydrogens is 264 g/mol. The van der Waals surface area contributed by atoms with Crippen molar-refractivity contribution in [2.24, 2.45) is 0 Å². The number of carbonyl (C=O) groups excluding carboxylic acids is 2. The number of hydrogen-bond acceptors (Lipinski definition) is 4. The van der Waals surface area contributed by atoms with Gasteiger partial charge in [-0.2, -0.15) is 0 Å². The van der Waals surface area contributed by atoms with E-state index in [1.54, 1.807) is 24.3 Å². The minimum absolute atomic E-state index is 0.140. The molecule has 2 N–H and O–H groups in total. The fourth-order valence-electron chi connectivity index (χ4n) is 1.82. The third kappa shape index (κ3) is 2.87. The van der Waals surface area contributed by atoms with Crippen molar-refractivity contribution in [3.8, 4) is 5.75 Å². The van der Waals surface area contributed by atoms with Crippen LogP contribution in [0.2, 0.25) is 0 Å². The Morgan fingerprint density at radius 3 is 2.85 bits per heavy atom. The molecule has 0 spiro atoms. The summed E-state index contributed by atoms with van der Waals surface area (Å²) in [6, 6.07) is 5.85. The Morgan fingerprint density at radius 1 is 1.45 bits per heavy atom. The number of rotatable bonds is 4. The van der Waals surface area contributed by atoms with Crippen molar-refractivity contribution < 1.29 is 24.2 Å². The Balaban J connectivity index is 2.11. The number of fused-ring (bicyclic) bond motifs is 1. The first-order valence-corrected chi connectivity index (χ1v) is 6.03. The number of anilines is 1. The number of amides is 2. The number of nitrogens with zero attached hydrogens (tertiary/aromatic N) is 1.